The minimum Gasteiger partial charge on any atom is -0.368 e. The highest BCUT2D eigenvalue weighted by molar-refractivity contribution is 5.93. The lowest BCUT2D eigenvalue weighted by molar-refractivity contribution is -0.143. The lowest BCUT2D eigenvalue weighted by atomic mass is 9.69. The predicted molar refractivity (Wildman–Crippen MR) is 113 cm³/mol. The highest BCUT2D eigenvalue weighted by Gasteiger charge is 2.43. The van der Waals surface area contributed by atoms with Crippen molar-refractivity contribution in [3.05, 3.63) is 59.4 Å². The van der Waals surface area contributed by atoms with Gasteiger partial charge in [-0.1, -0.05) is 0 Å². The number of amides is 2. The molecule has 1 atom stereocenters. The summed E-state index contributed by atoms with van der Waals surface area (Å²) in [6, 6.07) is 7.34. The van der Waals surface area contributed by atoms with E-state index < -0.39 is 29.4 Å². The molecule has 2 fully saturated rings. The number of hydrogen-bond acceptors (Lipinski definition) is 2. The van der Waals surface area contributed by atoms with E-state index in [1.807, 2.05) is 0 Å². The van der Waals surface area contributed by atoms with E-state index in [0.29, 0.717) is 42.5 Å². The number of primary amides is 1. The molecule has 1 saturated carbocycles. The van der Waals surface area contributed by atoms with Gasteiger partial charge in [-0.3, -0.25) is 9.59 Å². The normalized spacial score (nSPS) is 22.8. The minimum atomic E-state index is -0.706. The number of aromatic amines is 1. The third-order valence-corrected chi connectivity index (χ3v) is 6.76. The number of likely N-dealkylation sites (tertiary alicyclic amines) is 1. The van der Waals surface area contributed by atoms with Crippen molar-refractivity contribution in [1.82, 2.24) is 9.88 Å². The Morgan fingerprint density at radius 1 is 1.03 bits per heavy atom. The quantitative estimate of drug-likeness (QED) is 0.636. The molecular weight excluding hydrogens is 419 g/mol. The van der Waals surface area contributed by atoms with Gasteiger partial charge in [-0.05, 0) is 73.1 Å². The molecule has 2 amide bonds. The summed E-state index contributed by atoms with van der Waals surface area (Å²) in [4.78, 5) is 29.2. The van der Waals surface area contributed by atoms with Gasteiger partial charge in [0.15, 0.2) is 0 Å². The van der Waals surface area contributed by atoms with Gasteiger partial charge in [0, 0.05) is 23.9 Å². The molecular formula is C24H22F3N3O2. The van der Waals surface area contributed by atoms with Gasteiger partial charge >= 0.3 is 0 Å². The average molecular weight is 441 g/mol. The van der Waals surface area contributed by atoms with Crippen LogP contribution in [-0.2, 0) is 9.59 Å². The van der Waals surface area contributed by atoms with E-state index in [-0.39, 0.29) is 23.3 Å². The van der Waals surface area contributed by atoms with E-state index in [2.05, 4.69) is 4.98 Å². The smallest absolute Gasteiger partial charge is 0.240 e. The molecule has 2 aromatic carbocycles. The van der Waals surface area contributed by atoms with E-state index in [9.17, 15) is 22.8 Å². The third-order valence-electron chi connectivity index (χ3n) is 6.76. The molecule has 32 heavy (non-hydrogen) atoms. The number of nitrogens with zero attached hydrogens (tertiary/aromatic N) is 1. The average Bonchev–Trinajstić information content (AvgIpc) is 3.33. The van der Waals surface area contributed by atoms with Crippen molar-refractivity contribution in [2.24, 2.45) is 11.7 Å². The SMILES string of the molecule is NC(=O)[C@@H]1CCCN1C(=O)C1CC(c2c(-c3ccc(F)cc3)[nH]c3c(F)cc(F)cc23)C1. The standard InChI is InChI=1S/C24H22F3N3O2/c25-15-5-3-12(4-6-15)21-20(17-10-16(26)11-18(27)22(17)29-21)13-8-14(9-13)24(32)30-7-1-2-19(30)23(28)31/h3-6,10-11,13-14,19,29H,1-2,7-9H2,(H2,28,31)/t13?,14?,19-/m0/s1. The molecule has 5 rings (SSSR count). The van der Waals surface area contributed by atoms with Crippen LogP contribution >= 0.6 is 0 Å². The van der Waals surface area contributed by atoms with E-state index in [1.54, 1.807) is 17.0 Å². The van der Waals surface area contributed by atoms with Gasteiger partial charge in [-0.25, -0.2) is 13.2 Å². The molecule has 1 saturated heterocycles. The number of fused-ring (bicyclic) bond motifs is 1. The minimum absolute atomic E-state index is 0.0944. The Labute approximate surface area is 182 Å². The fourth-order valence-electron chi connectivity index (χ4n) is 5.12. The van der Waals surface area contributed by atoms with Crippen LogP contribution in [-0.4, -0.2) is 34.3 Å². The maximum Gasteiger partial charge on any atom is 0.240 e. The van der Waals surface area contributed by atoms with Crippen LogP contribution in [0, 0.1) is 23.4 Å². The molecule has 0 spiro atoms. The summed E-state index contributed by atoms with van der Waals surface area (Å²) < 4.78 is 42.0. The van der Waals surface area contributed by atoms with Crippen molar-refractivity contribution in [1.29, 1.82) is 0 Å². The van der Waals surface area contributed by atoms with Gasteiger partial charge in [0.25, 0.3) is 0 Å². The second-order valence-corrected chi connectivity index (χ2v) is 8.69. The third kappa shape index (κ3) is 3.34. The van der Waals surface area contributed by atoms with Gasteiger partial charge in [0.05, 0.1) is 11.2 Å². The van der Waals surface area contributed by atoms with Crippen LogP contribution in [0.5, 0.6) is 0 Å². The Morgan fingerprint density at radius 3 is 2.44 bits per heavy atom. The lowest BCUT2D eigenvalue weighted by Gasteiger charge is -2.38. The van der Waals surface area contributed by atoms with E-state index >= 15 is 0 Å². The molecule has 1 aliphatic carbocycles. The van der Waals surface area contributed by atoms with Gasteiger partial charge in [0.1, 0.15) is 23.5 Å². The van der Waals surface area contributed by atoms with Crippen LogP contribution in [0.4, 0.5) is 13.2 Å². The number of H-pyrrole nitrogens is 1. The van der Waals surface area contributed by atoms with Crippen molar-refractivity contribution in [3.8, 4) is 11.3 Å². The fourth-order valence-corrected chi connectivity index (χ4v) is 5.12. The Bertz CT molecular complexity index is 1220. The lowest BCUT2D eigenvalue weighted by Crippen LogP contribution is -2.48. The number of benzene rings is 2. The molecule has 3 aromatic rings. The van der Waals surface area contributed by atoms with Crippen molar-refractivity contribution in [3.63, 3.8) is 0 Å². The van der Waals surface area contributed by atoms with Crippen LogP contribution in [0.25, 0.3) is 22.2 Å². The number of rotatable bonds is 4. The summed E-state index contributed by atoms with van der Waals surface area (Å²) in [6.07, 6.45) is 2.32. The van der Waals surface area contributed by atoms with E-state index in [4.69, 9.17) is 5.73 Å². The number of nitrogens with two attached hydrogens (primary N) is 1. The van der Waals surface area contributed by atoms with E-state index in [0.717, 1.165) is 18.1 Å². The zero-order valence-electron chi connectivity index (χ0n) is 17.2. The van der Waals surface area contributed by atoms with Gasteiger partial charge < -0.3 is 15.6 Å². The summed E-state index contributed by atoms with van der Waals surface area (Å²) >= 11 is 0. The van der Waals surface area contributed by atoms with E-state index in [1.165, 1.54) is 18.2 Å². The number of aromatic nitrogens is 1. The first kappa shape index (κ1) is 20.6. The number of halogens is 3. The molecule has 0 unspecified atom stereocenters. The molecule has 1 aromatic heterocycles. The summed E-state index contributed by atoms with van der Waals surface area (Å²) in [5, 5.41) is 0.425. The highest BCUT2D eigenvalue weighted by Crippen LogP contribution is 2.49. The molecule has 0 radical (unpaired) electrons. The van der Waals surface area contributed by atoms with Gasteiger partial charge in [-0.15, -0.1) is 0 Å². The molecule has 0 bridgehead atoms. The molecule has 2 heterocycles. The Hall–Kier alpha value is -3.29. The number of hydrogen-bond donors (Lipinski definition) is 2. The number of carbonyl (C=O) groups excluding carboxylic acids is 2. The molecule has 5 nitrogen and oxygen atoms in total. The Balaban J connectivity index is 1.48. The largest absolute Gasteiger partial charge is 0.368 e. The summed E-state index contributed by atoms with van der Waals surface area (Å²) in [5.74, 6) is -2.75. The monoisotopic (exact) mass is 441 g/mol. The zero-order chi connectivity index (χ0) is 22.6. The summed E-state index contributed by atoms with van der Waals surface area (Å²) in [7, 11) is 0. The fraction of sp³-hybridized carbons (Fsp3) is 0.333. The van der Waals surface area contributed by atoms with Crippen LogP contribution in [0.3, 0.4) is 0 Å². The highest BCUT2D eigenvalue weighted by atomic mass is 19.1. The van der Waals surface area contributed by atoms with Crippen LogP contribution in [0.15, 0.2) is 36.4 Å². The van der Waals surface area contributed by atoms with Crippen LogP contribution < -0.4 is 5.73 Å². The van der Waals surface area contributed by atoms with Crippen molar-refractivity contribution in [2.45, 2.75) is 37.6 Å². The first-order chi connectivity index (χ1) is 15.3. The second kappa shape index (κ2) is 7.69. The van der Waals surface area contributed by atoms with Crippen LogP contribution in [0.2, 0.25) is 0 Å². The Kier molecular flexibility index (Phi) is 4.95. The molecule has 166 valence electrons. The van der Waals surface area contributed by atoms with Crippen molar-refractivity contribution in [2.75, 3.05) is 6.54 Å². The first-order valence-electron chi connectivity index (χ1n) is 10.7. The Morgan fingerprint density at radius 2 is 1.75 bits per heavy atom. The summed E-state index contributed by atoms with van der Waals surface area (Å²) in [6.45, 7) is 0.512. The van der Waals surface area contributed by atoms with Gasteiger partial charge in [0.2, 0.25) is 11.8 Å². The predicted octanol–water partition coefficient (Wildman–Crippen LogP) is 4.22. The number of carbonyl (C=O) groups is 2. The molecule has 1 aliphatic heterocycles. The molecule has 2 aliphatic rings. The molecule has 8 heteroatoms. The number of nitrogens with one attached hydrogen (secondary N) is 1. The van der Waals surface area contributed by atoms with Crippen LogP contribution in [0.1, 0.15) is 37.2 Å². The zero-order valence-corrected chi connectivity index (χ0v) is 17.2. The van der Waals surface area contributed by atoms with Crippen molar-refractivity contribution < 1.29 is 22.8 Å². The maximum atomic E-state index is 14.5. The van der Waals surface area contributed by atoms with Crippen molar-refractivity contribution >= 4 is 22.7 Å². The summed E-state index contributed by atoms with van der Waals surface area (Å²) in [5.41, 5.74) is 7.60. The van der Waals surface area contributed by atoms with Gasteiger partial charge in [-0.2, -0.15) is 0 Å². The topological polar surface area (TPSA) is 79.2 Å². The molecule has 3 N–H and O–H groups in total. The first-order valence-corrected chi connectivity index (χ1v) is 10.7. The second-order valence-electron chi connectivity index (χ2n) is 8.69. The maximum absolute atomic E-state index is 14.5.